The predicted octanol–water partition coefficient (Wildman–Crippen LogP) is 1.90. The molecule has 2 aromatic rings. The summed E-state index contributed by atoms with van der Waals surface area (Å²) in [5, 5.41) is 0. The van der Waals surface area contributed by atoms with Crippen molar-refractivity contribution in [3.63, 3.8) is 0 Å². The van der Waals surface area contributed by atoms with Gasteiger partial charge in [0, 0.05) is 6.07 Å². The molecule has 0 radical (unpaired) electrons. The molecule has 1 aliphatic heterocycles. The molecule has 1 aromatic heterocycles. The van der Waals surface area contributed by atoms with Gasteiger partial charge in [0.1, 0.15) is 9.32 Å². The molecular weight excluding hydrogens is 351 g/mol. The lowest BCUT2D eigenvalue weighted by Gasteiger charge is -2.06. The summed E-state index contributed by atoms with van der Waals surface area (Å²) in [6.45, 7) is 0.208. The zero-order chi connectivity index (χ0) is 12.5. The number of H-pyrrole nitrogens is 1. The molecular formula is C11H7IN2O4. The Morgan fingerprint density at radius 2 is 2.17 bits per heavy atom. The molecule has 0 atom stereocenters. The molecule has 0 fully saturated rings. The van der Waals surface area contributed by atoms with Crippen molar-refractivity contribution >= 4 is 22.6 Å². The fourth-order valence-corrected chi connectivity index (χ4v) is 1.89. The van der Waals surface area contributed by atoms with E-state index in [-0.39, 0.29) is 18.2 Å². The fourth-order valence-electron chi connectivity index (χ4n) is 1.49. The lowest BCUT2D eigenvalue weighted by atomic mass is 10.3. The van der Waals surface area contributed by atoms with Crippen molar-refractivity contribution in [3.05, 3.63) is 38.5 Å². The Bertz CT molecular complexity index is 656. The lowest BCUT2D eigenvalue weighted by Crippen LogP contribution is -2.11. The van der Waals surface area contributed by atoms with Crippen molar-refractivity contribution in [1.82, 2.24) is 9.97 Å². The molecule has 0 saturated heterocycles. The minimum atomic E-state index is -0.235. The molecule has 0 amide bonds. The van der Waals surface area contributed by atoms with Gasteiger partial charge in [-0.3, -0.25) is 4.79 Å². The number of benzene rings is 1. The third-order valence-corrected chi connectivity index (χ3v) is 3.27. The van der Waals surface area contributed by atoms with Crippen molar-refractivity contribution in [3.8, 4) is 23.1 Å². The monoisotopic (exact) mass is 358 g/mol. The van der Waals surface area contributed by atoms with Crippen LogP contribution in [-0.4, -0.2) is 16.8 Å². The molecule has 1 N–H and O–H groups in total. The summed E-state index contributed by atoms with van der Waals surface area (Å²) < 4.78 is 16.4. The van der Waals surface area contributed by atoms with Gasteiger partial charge in [0.2, 0.25) is 12.7 Å². The Balaban J connectivity index is 1.93. The Kier molecular flexibility index (Phi) is 2.82. The largest absolute Gasteiger partial charge is 0.454 e. The van der Waals surface area contributed by atoms with Crippen LogP contribution in [0.5, 0.6) is 23.1 Å². The maximum atomic E-state index is 11.4. The minimum Gasteiger partial charge on any atom is -0.454 e. The summed E-state index contributed by atoms with van der Waals surface area (Å²) in [5.41, 5.74) is -0.235. The number of ether oxygens (including phenoxy) is 3. The predicted molar refractivity (Wildman–Crippen MR) is 70.2 cm³/mol. The van der Waals surface area contributed by atoms with E-state index in [0.717, 1.165) is 0 Å². The Labute approximate surface area is 115 Å². The van der Waals surface area contributed by atoms with E-state index in [1.165, 1.54) is 6.33 Å². The molecule has 6 nitrogen and oxygen atoms in total. The van der Waals surface area contributed by atoms with Crippen molar-refractivity contribution < 1.29 is 14.2 Å². The van der Waals surface area contributed by atoms with Gasteiger partial charge in [-0.2, -0.15) is 0 Å². The van der Waals surface area contributed by atoms with Crippen molar-refractivity contribution in [2.45, 2.75) is 0 Å². The molecule has 2 heterocycles. The summed E-state index contributed by atoms with van der Waals surface area (Å²) in [6, 6.07) is 5.17. The normalized spacial score (nSPS) is 12.5. The molecule has 0 bridgehead atoms. The highest BCUT2D eigenvalue weighted by molar-refractivity contribution is 14.1. The summed E-state index contributed by atoms with van der Waals surface area (Å²) >= 11 is 1.88. The van der Waals surface area contributed by atoms with Gasteiger partial charge in [0.25, 0.3) is 5.56 Å². The first-order valence-corrected chi connectivity index (χ1v) is 6.12. The zero-order valence-electron chi connectivity index (χ0n) is 8.97. The van der Waals surface area contributed by atoms with Crippen LogP contribution in [-0.2, 0) is 0 Å². The van der Waals surface area contributed by atoms with Gasteiger partial charge in [-0.1, -0.05) is 0 Å². The van der Waals surface area contributed by atoms with Crippen LogP contribution in [0.1, 0.15) is 0 Å². The van der Waals surface area contributed by atoms with Crippen LogP contribution in [0.4, 0.5) is 0 Å². The molecule has 92 valence electrons. The lowest BCUT2D eigenvalue weighted by molar-refractivity contribution is 0.174. The number of aromatic nitrogens is 2. The van der Waals surface area contributed by atoms with E-state index in [0.29, 0.717) is 20.8 Å². The highest BCUT2D eigenvalue weighted by Gasteiger charge is 2.15. The molecule has 0 unspecified atom stereocenters. The van der Waals surface area contributed by atoms with Gasteiger partial charge >= 0.3 is 0 Å². The number of nitrogens with one attached hydrogen (secondary N) is 1. The summed E-state index contributed by atoms with van der Waals surface area (Å²) in [7, 11) is 0. The second-order valence-corrected chi connectivity index (χ2v) is 4.55. The molecule has 7 heteroatoms. The quantitative estimate of drug-likeness (QED) is 0.831. The van der Waals surface area contributed by atoms with E-state index in [9.17, 15) is 4.79 Å². The van der Waals surface area contributed by atoms with E-state index in [1.54, 1.807) is 18.2 Å². The molecule has 0 saturated carbocycles. The molecule has 18 heavy (non-hydrogen) atoms. The van der Waals surface area contributed by atoms with Gasteiger partial charge < -0.3 is 19.2 Å². The van der Waals surface area contributed by atoms with Crippen molar-refractivity contribution in [2.24, 2.45) is 0 Å². The Morgan fingerprint density at radius 1 is 1.33 bits per heavy atom. The van der Waals surface area contributed by atoms with Gasteiger partial charge in [0.05, 0.1) is 6.33 Å². The second kappa shape index (κ2) is 4.48. The highest BCUT2D eigenvalue weighted by atomic mass is 127. The Morgan fingerprint density at radius 3 is 3.06 bits per heavy atom. The number of halogens is 1. The van der Waals surface area contributed by atoms with Gasteiger partial charge in [-0.15, -0.1) is 0 Å². The minimum absolute atomic E-state index is 0.208. The summed E-state index contributed by atoms with van der Waals surface area (Å²) in [6.07, 6.45) is 1.30. The molecule has 0 spiro atoms. The maximum Gasteiger partial charge on any atom is 0.268 e. The van der Waals surface area contributed by atoms with E-state index in [4.69, 9.17) is 14.2 Å². The standard InChI is InChI=1S/C11H7IN2O4/c12-9-10(15)13-4-14-11(9)18-6-1-2-7-8(3-6)17-5-16-7/h1-4H,5H2,(H,13,14,15). The Hall–Kier alpha value is -1.77. The number of rotatable bonds is 2. The topological polar surface area (TPSA) is 73.4 Å². The number of nitrogens with zero attached hydrogens (tertiary/aromatic N) is 1. The first-order valence-electron chi connectivity index (χ1n) is 5.05. The SMILES string of the molecule is O=c1[nH]cnc(Oc2ccc3c(c2)OCO3)c1I. The van der Waals surface area contributed by atoms with Crippen LogP contribution in [0.3, 0.4) is 0 Å². The summed E-state index contributed by atoms with van der Waals surface area (Å²) in [4.78, 5) is 17.8. The van der Waals surface area contributed by atoms with Crippen LogP contribution < -0.4 is 19.8 Å². The number of hydrogen-bond donors (Lipinski definition) is 1. The van der Waals surface area contributed by atoms with Crippen LogP contribution in [0, 0.1) is 3.57 Å². The summed E-state index contributed by atoms with van der Waals surface area (Å²) in [5.74, 6) is 2.09. The molecule has 3 rings (SSSR count). The first kappa shape index (κ1) is 11.3. The van der Waals surface area contributed by atoms with Crippen molar-refractivity contribution in [1.29, 1.82) is 0 Å². The van der Waals surface area contributed by atoms with Gasteiger partial charge in [-0.25, -0.2) is 4.98 Å². The van der Waals surface area contributed by atoms with Crippen LogP contribution in [0.25, 0.3) is 0 Å². The highest BCUT2D eigenvalue weighted by Crippen LogP contribution is 2.36. The fraction of sp³-hybridized carbons (Fsp3) is 0.0909. The number of hydrogen-bond acceptors (Lipinski definition) is 5. The van der Waals surface area contributed by atoms with E-state index in [2.05, 4.69) is 9.97 Å². The molecule has 1 aromatic carbocycles. The number of aromatic amines is 1. The second-order valence-electron chi connectivity index (χ2n) is 3.47. The maximum absolute atomic E-state index is 11.4. The van der Waals surface area contributed by atoms with E-state index < -0.39 is 0 Å². The van der Waals surface area contributed by atoms with Crippen molar-refractivity contribution in [2.75, 3.05) is 6.79 Å². The zero-order valence-corrected chi connectivity index (χ0v) is 11.1. The van der Waals surface area contributed by atoms with Gasteiger partial charge in [0.15, 0.2) is 11.5 Å². The number of fused-ring (bicyclic) bond motifs is 1. The first-order chi connectivity index (χ1) is 8.74. The molecule has 1 aliphatic rings. The van der Waals surface area contributed by atoms with Crippen LogP contribution in [0.15, 0.2) is 29.3 Å². The third-order valence-electron chi connectivity index (χ3n) is 2.32. The van der Waals surface area contributed by atoms with Gasteiger partial charge in [-0.05, 0) is 34.7 Å². The van der Waals surface area contributed by atoms with E-state index in [1.807, 2.05) is 22.6 Å². The van der Waals surface area contributed by atoms with Crippen LogP contribution >= 0.6 is 22.6 Å². The molecule has 0 aliphatic carbocycles. The smallest absolute Gasteiger partial charge is 0.268 e. The van der Waals surface area contributed by atoms with Crippen LogP contribution in [0.2, 0.25) is 0 Å². The third kappa shape index (κ3) is 2.01. The average Bonchev–Trinajstić information content (AvgIpc) is 2.82. The average molecular weight is 358 g/mol. The van der Waals surface area contributed by atoms with E-state index >= 15 is 0 Å².